The van der Waals surface area contributed by atoms with E-state index in [4.69, 9.17) is 0 Å². The number of aromatic nitrogens is 3. The molecule has 2 heterocycles. The predicted octanol–water partition coefficient (Wildman–Crippen LogP) is 2.33. The molecule has 0 spiro atoms. The Kier molecular flexibility index (Phi) is 4.98. The molecule has 0 saturated heterocycles. The SMILES string of the molecule is CCNC(Cc1ccc(CC)cn1)c1ccncn1. The zero-order valence-corrected chi connectivity index (χ0v) is 11.5. The third-order valence-electron chi connectivity index (χ3n) is 3.12. The van der Waals surface area contributed by atoms with E-state index in [2.05, 4.69) is 46.2 Å². The zero-order valence-electron chi connectivity index (χ0n) is 11.5. The van der Waals surface area contributed by atoms with Crippen molar-refractivity contribution < 1.29 is 0 Å². The summed E-state index contributed by atoms with van der Waals surface area (Å²) < 4.78 is 0. The predicted molar refractivity (Wildman–Crippen MR) is 75.8 cm³/mol. The van der Waals surface area contributed by atoms with Gasteiger partial charge >= 0.3 is 0 Å². The Morgan fingerprint density at radius 3 is 2.63 bits per heavy atom. The van der Waals surface area contributed by atoms with E-state index in [1.165, 1.54) is 5.56 Å². The van der Waals surface area contributed by atoms with Crippen molar-refractivity contribution in [2.75, 3.05) is 6.54 Å². The molecule has 2 rings (SSSR count). The first kappa shape index (κ1) is 13.6. The zero-order chi connectivity index (χ0) is 13.5. The normalized spacial score (nSPS) is 12.3. The number of hydrogen-bond acceptors (Lipinski definition) is 4. The van der Waals surface area contributed by atoms with Crippen molar-refractivity contribution in [3.8, 4) is 0 Å². The molecule has 0 bridgehead atoms. The highest BCUT2D eigenvalue weighted by Gasteiger charge is 2.12. The van der Waals surface area contributed by atoms with E-state index in [1.54, 1.807) is 12.5 Å². The fourth-order valence-electron chi connectivity index (χ4n) is 2.03. The summed E-state index contributed by atoms with van der Waals surface area (Å²) in [6.07, 6.45) is 7.19. The molecule has 1 atom stereocenters. The van der Waals surface area contributed by atoms with Crippen molar-refractivity contribution in [1.82, 2.24) is 20.3 Å². The number of rotatable bonds is 6. The molecule has 100 valence electrons. The van der Waals surface area contributed by atoms with Crippen molar-refractivity contribution in [2.45, 2.75) is 32.7 Å². The van der Waals surface area contributed by atoms with E-state index < -0.39 is 0 Å². The van der Waals surface area contributed by atoms with Gasteiger partial charge in [-0.2, -0.15) is 0 Å². The van der Waals surface area contributed by atoms with Crippen molar-refractivity contribution in [2.24, 2.45) is 0 Å². The first-order valence-electron chi connectivity index (χ1n) is 6.76. The molecule has 2 aromatic rings. The summed E-state index contributed by atoms with van der Waals surface area (Å²) >= 11 is 0. The Morgan fingerprint density at radius 1 is 1.16 bits per heavy atom. The summed E-state index contributed by atoms with van der Waals surface area (Å²) in [6.45, 7) is 5.14. The molecule has 1 N–H and O–H groups in total. The molecule has 4 nitrogen and oxygen atoms in total. The lowest BCUT2D eigenvalue weighted by Crippen LogP contribution is -2.24. The molecule has 4 heteroatoms. The van der Waals surface area contributed by atoms with Crippen LogP contribution in [0.25, 0.3) is 0 Å². The van der Waals surface area contributed by atoms with Gasteiger partial charge in [0.15, 0.2) is 0 Å². The first-order chi connectivity index (χ1) is 9.33. The average Bonchev–Trinajstić information content (AvgIpc) is 2.48. The maximum absolute atomic E-state index is 4.51. The third kappa shape index (κ3) is 3.83. The number of aryl methyl sites for hydroxylation is 1. The maximum atomic E-state index is 4.51. The maximum Gasteiger partial charge on any atom is 0.115 e. The topological polar surface area (TPSA) is 50.7 Å². The fraction of sp³-hybridized carbons (Fsp3) is 0.400. The summed E-state index contributed by atoms with van der Waals surface area (Å²) in [5, 5.41) is 3.45. The highest BCUT2D eigenvalue weighted by molar-refractivity contribution is 5.16. The van der Waals surface area contributed by atoms with Gasteiger partial charge in [-0.15, -0.1) is 0 Å². The van der Waals surface area contributed by atoms with Crippen molar-refractivity contribution in [1.29, 1.82) is 0 Å². The van der Waals surface area contributed by atoms with E-state index in [0.717, 1.165) is 30.8 Å². The van der Waals surface area contributed by atoms with Gasteiger partial charge in [-0.25, -0.2) is 9.97 Å². The van der Waals surface area contributed by atoms with Crippen LogP contribution in [0, 0.1) is 0 Å². The fourth-order valence-corrected chi connectivity index (χ4v) is 2.03. The number of likely N-dealkylation sites (N-methyl/N-ethyl adjacent to an activating group) is 1. The van der Waals surface area contributed by atoms with Gasteiger partial charge in [0, 0.05) is 24.5 Å². The Bertz CT molecular complexity index is 481. The molecule has 0 aliphatic heterocycles. The minimum Gasteiger partial charge on any atom is -0.309 e. The standard InChI is InChI=1S/C15H20N4/c1-3-12-5-6-13(18-10-12)9-15(17-4-2)14-7-8-16-11-19-14/h5-8,10-11,15,17H,3-4,9H2,1-2H3. The van der Waals surface area contributed by atoms with E-state index in [0.29, 0.717) is 0 Å². The second-order valence-corrected chi connectivity index (χ2v) is 4.46. The van der Waals surface area contributed by atoms with Gasteiger partial charge < -0.3 is 5.32 Å². The van der Waals surface area contributed by atoms with Crippen LogP contribution >= 0.6 is 0 Å². The summed E-state index contributed by atoms with van der Waals surface area (Å²) in [5.74, 6) is 0. The lowest BCUT2D eigenvalue weighted by Gasteiger charge is -2.16. The number of nitrogens with one attached hydrogen (secondary N) is 1. The number of nitrogens with zero attached hydrogens (tertiary/aromatic N) is 3. The molecule has 0 saturated carbocycles. The average molecular weight is 256 g/mol. The lowest BCUT2D eigenvalue weighted by atomic mass is 10.1. The highest BCUT2D eigenvalue weighted by Crippen LogP contribution is 2.15. The van der Waals surface area contributed by atoms with Crippen LogP contribution in [0.5, 0.6) is 0 Å². The number of pyridine rings is 1. The Hall–Kier alpha value is -1.81. The lowest BCUT2D eigenvalue weighted by molar-refractivity contribution is 0.530. The van der Waals surface area contributed by atoms with Crippen molar-refractivity contribution >= 4 is 0 Å². The third-order valence-corrected chi connectivity index (χ3v) is 3.12. The van der Waals surface area contributed by atoms with Crippen LogP contribution in [-0.2, 0) is 12.8 Å². The van der Waals surface area contributed by atoms with E-state index in [9.17, 15) is 0 Å². The van der Waals surface area contributed by atoms with Gasteiger partial charge in [0.2, 0.25) is 0 Å². The molecule has 2 aromatic heterocycles. The minimum atomic E-state index is 0.188. The molecule has 0 aliphatic carbocycles. The first-order valence-corrected chi connectivity index (χ1v) is 6.76. The van der Waals surface area contributed by atoms with E-state index in [-0.39, 0.29) is 6.04 Å². The van der Waals surface area contributed by atoms with Crippen LogP contribution in [0.15, 0.2) is 36.9 Å². The van der Waals surface area contributed by atoms with E-state index >= 15 is 0 Å². The second-order valence-electron chi connectivity index (χ2n) is 4.46. The number of hydrogen-bond donors (Lipinski definition) is 1. The summed E-state index contributed by atoms with van der Waals surface area (Å²) in [5.41, 5.74) is 3.37. The summed E-state index contributed by atoms with van der Waals surface area (Å²) in [7, 11) is 0. The van der Waals surface area contributed by atoms with Gasteiger partial charge in [0.25, 0.3) is 0 Å². The van der Waals surface area contributed by atoms with Crippen LogP contribution in [0.1, 0.15) is 36.8 Å². The van der Waals surface area contributed by atoms with Crippen LogP contribution < -0.4 is 5.32 Å². The molecule has 0 fully saturated rings. The Balaban J connectivity index is 2.11. The molecule has 19 heavy (non-hydrogen) atoms. The van der Waals surface area contributed by atoms with Crippen molar-refractivity contribution in [3.63, 3.8) is 0 Å². The smallest absolute Gasteiger partial charge is 0.115 e. The van der Waals surface area contributed by atoms with Gasteiger partial charge in [-0.3, -0.25) is 4.98 Å². The molecular formula is C15H20N4. The van der Waals surface area contributed by atoms with Crippen LogP contribution in [-0.4, -0.2) is 21.5 Å². The van der Waals surface area contributed by atoms with Crippen LogP contribution in [0.4, 0.5) is 0 Å². The van der Waals surface area contributed by atoms with E-state index in [1.807, 2.05) is 12.3 Å². The molecule has 0 aliphatic rings. The molecule has 1 unspecified atom stereocenters. The second kappa shape index (κ2) is 6.95. The van der Waals surface area contributed by atoms with Crippen LogP contribution in [0.3, 0.4) is 0 Å². The Labute approximate surface area is 114 Å². The molecular weight excluding hydrogens is 236 g/mol. The quantitative estimate of drug-likeness (QED) is 0.861. The van der Waals surface area contributed by atoms with Gasteiger partial charge in [0.05, 0.1) is 11.7 Å². The van der Waals surface area contributed by atoms with Gasteiger partial charge in [-0.05, 0) is 30.7 Å². The van der Waals surface area contributed by atoms with Crippen LogP contribution in [0.2, 0.25) is 0 Å². The van der Waals surface area contributed by atoms with Gasteiger partial charge in [0.1, 0.15) is 6.33 Å². The molecule has 0 aromatic carbocycles. The highest BCUT2D eigenvalue weighted by atomic mass is 14.9. The molecule has 0 radical (unpaired) electrons. The largest absolute Gasteiger partial charge is 0.309 e. The monoisotopic (exact) mass is 256 g/mol. The molecule has 0 amide bonds. The van der Waals surface area contributed by atoms with Crippen molar-refractivity contribution in [3.05, 3.63) is 53.9 Å². The summed E-state index contributed by atoms with van der Waals surface area (Å²) in [4.78, 5) is 12.8. The van der Waals surface area contributed by atoms with Gasteiger partial charge in [-0.1, -0.05) is 19.9 Å². The minimum absolute atomic E-state index is 0.188. The summed E-state index contributed by atoms with van der Waals surface area (Å²) in [6, 6.07) is 6.39. The Morgan fingerprint density at radius 2 is 2.05 bits per heavy atom.